The van der Waals surface area contributed by atoms with Crippen LogP contribution >= 0.6 is 23.5 Å². The van der Waals surface area contributed by atoms with Crippen LogP contribution in [-0.2, 0) is 83.5 Å². The molecular weight excluding hydrogens is 1230 g/mol. The van der Waals surface area contributed by atoms with Crippen LogP contribution in [0.1, 0.15) is 6.42 Å². The first-order chi connectivity index (χ1) is 39.2. The molecule has 0 aromatic carbocycles. The smallest absolute Gasteiger partial charge is 0.477 e. The van der Waals surface area contributed by atoms with Crippen LogP contribution in [0.5, 0.6) is 0 Å². The first-order valence-corrected chi connectivity index (χ1v) is 29.5. The second-order valence-corrected chi connectivity index (χ2v) is 23.7. The third kappa shape index (κ3) is 17.6. The van der Waals surface area contributed by atoms with Crippen molar-refractivity contribution in [2.24, 2.45) is 11.5 Å². The lowest BCUT2D eigenvalue weighted by atomic mass is 9.91. The summed E-state index contributed by atoms with van der Waals surface area (Å²) in [6, 6.07) is 0. The number of nitrogens with two attached hydrogens (primary N) is 2. The van der Waals surface area contributed by atoms with Crippen LogP contribution in [0.25, 0.3) is 0 Å². The molecule has 0 spiro atoms. The summed E-state index contributed by atoms with van der Waals surface area (Å²) in [4.78, 5) is 43.7. The zero-order valence-corrected chi connectivity index (χ0v) is 46.0. The van der Waals surface area contributed by atoms with Gasteiger partial charge in [-0.05, 0) is 0 Å². The van der Waals surface area contributed by atoms with Crippen LogP contribution in [0, 0.1) is 0 Å². The van der Waals surface area contributed by atoms with Crippen LogP contribution in [0.3, 0.4) is 0 Å². The number of aliphatic hydroxyl groups is 18. The fourth-order valence-corrected chi connectivity index (χ4v) is 12.3. The van der Waals surface area contributed by atoms with E-state index in [1.54, 1.807) is 0 Å². The summed E-state index contributed by atoms with van der Waals surface area (Å²) >= 11 is 0. The molecule has 3 unspecified atom stereocenters. The predicted molar refractivity (Wildman–Crippen MR) is 254 cm³/mol. The Morgan fingerprint density at radius 1 is 0.524 bits per heavy atom. The summed E-state index contributed by atoms with van der Waals surface area (Å²) in [6.07, 6.45) is -68.0. The van der Waals surface area contributed by atoms with Crippen molar-refractivity contribution in [2.45, 2.75) is 178 Å². The van der Waals surface area contributed by atoms with Crippen molar-refractivity contribution >= 4 is 29.4 Å². The summed E-state index contributed by atoms with van der Waals surface area (Å²) in [6.45, 7) is -9.09. The van der Waals surface area contributed by atoms with Gasteiger partial charge in [0.15, 0.2) is 25.2 Å². The van der Waals surface area contributed by atoms with E-state index in [0.29, 0.717) is 0 Å². The van der Waals surface area contributed by atoms with Gasteiger partial charge in [-0.2, -0.15) is 4.31 Å². The van der Waals surface area contributed by atoms with Crippen molar-refractivity contribution < 1.29 is 195 Å². The van der Waals surface area contributed by atoms with Crippen molar-refractivity contribution in [1.82, 2.24) is 0 Å². The minimum absolute atomic E-state index is 0.398. The van der Waals surface area contributed by atoms with E-state index in [4.69, 9.17) is 67.7 Å². The third-order valence-electron chi connectivity index (χ3n) is 13.3. The molecule has 45 heteroatoms. The molecule has 5 fully saturated rings. The maximum atomic E-state index is 13.4. The zero-order valence-electron chi connectivity index (χ0n) is 43.3. The Balaban J connectivity index is 1.72. The number of ether oxygens (including phenoxy) is 9. The lowest BCUT2D eigenvalue weighted by Crippen LogP contribution is -2.70. The molecule has 84 heavy (non-hydrogen) atoms. The molecule has 494 valence electrons. The number of phosphoric ester groups is 3. The Morgan fingerprint density at radius 3 is 1.54 bits per heavy atom. The molecule has 42 nitrogen and oxygen atoms in total. The van der Waals surface area contributed by atoms with Gasteiger partial charge in [0.1, 0.15) is 140 Å². The van der Waals surface area contributed by atoms with Crippen molar-refractivity contribution in [3.05, 3.63) is 0 Å². The van der Waals surface area contributed by atoms with E-state index < -0.39 is 267 Å². The van der Waals surface area contributed by atoms with Gasteiger partial charge in [0, 0.05) is 19.5 Å². The number of aliphatic carboxylic acids is 1. The summed E-state index contributed by atoms with van der Waals surface area (Å²) in [5, 5.41) is 206. The Labute approximate surface area is 472 Å². The second-order valence-electron chi connectivity index (χ2n) is 19.3. The number of hydrogen-bond acceptors (Lipinski definition) is 38. The van der Waals surface area contributed by atoms with Crippen LogP contribution in [0.2, 0.25) is 0 Å². The molecule has 5 aliphatic rings. The standard InChI is InChI=1S/C39H73N2O40P3/c40-1-3-68-82(62,63)80-16(10-46)29-21(54)22(55)32(76-35-24(57)19(52)20(53)26(71-35)11(47)6-42)37(73-29)75-31-25(58)36(72-27(12(48)7-43)33(31)77-34-23(56)18(51)17(50)15(9-45)70-34)74-30-14(79-84(66,67)81-83(64,65)69-4-2-41)5-39(61,38(59)60)78-28(30)13(49)8-44/h11-37,42-58,61H,1-10,40-41H2,(H,59,60)(H,62,63)(H,64,65)(H,66,67)/t11-,12-,13+,14+,15+,16-,17+,18-,19-,20-,21-,22-,23+,24-,25-,26+,27+,28+,29+,30+,31+,32-,33+,34-,35+,36+,37+,39+/m0/s1. The molecule has 0 amide bonds. The summed E-state index contributed by atoms with van der Waals surface area (Å²) in [5.74, 6) is -5.99. The van der Waals surface area contributed by atoms with Crippen molar-refractivity contribution in [2.75, 3.05) is 59.3 Å². The lowest BCUT2D eigenvalue weighted by Gasteiger charge is -2.52. The monoisotopic (exact) mass is 1300 g/mol. The number of hydrogen-bond donors (Lipinski definition) is 24. The fraction of sp³-hybridized carbons (Fsp3) is 0.974. The number of carbonyl (C=O) groups is 1. The Kier molecular flexibility index (Phi) is 27.2. The Hall–Kier alpha value is -1.32. The van der Waals surface area contributed by atoms with E-state index in [2.05, 4.69) is 8.83 Å². The molecule has 0 radical (unpaired) electrons. The van der Waals surface area contributed by atoms with Gasteiger partial charge < -0.3 is 166 Å². The molecule has 0 aliphatic carbocycles. The molecule has 0 bridgehead atoms. The van der Waals surface area contributed by atoms with Crippen molar-refractivity contribution in [1.29, 1.82) is 0 Å². The average molecular weight is 1300 g/mol. The fourth-order valence-electron chi connectivity index (χ4n) is 9.14. The SMILES string of the molecule is NCCOP(=O)(O)O[C@@H](CO)[C@H]1O[C@H](O[C@@H]2[C@H](O)[C@@H](O[C@H]3[C@@H]([C@H](O)CO)O[C@@](O)(C(=O)O)C[C@H]3OP(=O)(O)OP(=O)(O)OCCN)O[C@H]([C@@H](O)CO)[C@H]2O[C@@H]2O[C@H](CO)[C@@H](O)[C@H](O)[C@H]2O)[C@@H](O[C@H]2O[C@H]([C@@H](O)CO)[C@@H](O)[C@H](O)[C@@H]2O)[C@@H](O)[C@@H]1O. The number of carboxylic acids is 1. The highest BCUT2D eigenvalue weighted by molar-refractivity contribution is 7.61. The first-order valence-electron chi connectivity index (χ1n) is 25.0. The zero-order chi connectivity index (χ0) is 63.1. The van der Waals surface area contributed by atoms with Gasteiger partial charge in [-0.1, -0.05) is 0 Å². The van der Waals surface area contributed by atoms with E-state index in [1.807, 2.05) is 0 Å². The van der Waals surface area contributed by atoms with Crippen LogP contribution in [0.15, 0.2) is 0 Å². The molecule has 0 saturated carbocycles. The van der Waals surface area contributed by atoms with E-state index >= 15 is 0 Å². The molecule has 26 N–H and O–H groups in total. The predicted octanol–water partition coefficient (Wildman–Crippen LogP) is -13.7. The van der Waals surface area contributed by atoms with Crippen LogP contribution in [-0.4, -0.2) is 348 Å². The van der Waals surface area contributed by atoms with Gasteiger partial charge in [-0.3, -0.25) is 18.1 Å². The van der Waals surface area contributed by atoms with Crippen LogP contribution < -0.4 is 11.5 Å². The summed E-state index contributed by atoms with van der Waals surface area (Å²) < 4.78 is 114. The average Bonchev–Trinajstić information content (AvgIpc) is 1.18. The molecule has 0 aromatic rings. The van der Waals surface area contributed by atoms with E-state index in [1.165, 1.54) is 0 Å². The van der Waals surface area contributed by atoms with Gasteiger partial charge in [0.05, 0.1) is 46.2 Å². The topological polar surface area (TPSA) is 695 Å². The van der Waals surface area contributed by atoms with Gasteiger partial charge >= 0.3 is 29.4 Å². The number of carboxylic acid groups (broad SMARTS) is 1. The van der Waals surface area contributed by atoms with Gasteiger partial charge in [-0.25, -0.2) is 18.5 Å². The van der Waals surface area contributed by atoms with E-state index in [9.17, 15) is 130 Å². The number of rotatable bonds is 30. The largest absolute Gasteiger partial charge is 0.481 e. The van der Waals surface area contributed by atoms with E-state index in [-0.39, 0.29) is 0 Å². The highest BCUT2D eigenvalue weighted by atomic mass is 31.3. The second kappa shape index (κ2) is 31.1. The molecule has 5 rings (SSSR count). The number of aliphatic hydroxyl groups excluding tert-OH is 17. The maximum absolute atomic E-state index is 13.4. The summed E-state index contributed by atoms with van der Waals surface area (Å²) in [7, 11) is -17.2. The lowest BCUT2D eigenvalue weighted by molar-refractivity contribution is -0.414. The summed E-state index contributed by atoms with van der Waals surface area (Å²) in [5.41, 5.74) is 10.6. The molecule has 31 atom stereocenters. The molecule has 5 aliphatic heterocycles. The minimum atomic E-state index is -6.21. The quantitative estimate of drug-likeness (QED) is 0.0297. The van der Waals surface area contributed by atoms with Crippen molar-refractivity contribution in [3.63, 3.8) is 0 Å². The van der Waals surface area contributed by atoms with Crippen LogP contribution in [0.4, 0.5) is 0 Å². The minimum Gasteiger partial charge on any atom is -0.477 e. The Morgan fingerprint density at radius 2 is 0.988 bits per heavy atom. The maximum Gasteiger partial charge on any atom is 0.481 e. The van der Waals surface area contributed by atoms with E-state index in [0.717, 1.165) is 0 Å². The molecule has 0 aromatic heterocycles. The van der Waals surface area contributed by atoms with Gasteiger partial charge in [0.25, 0.3) is 5.79 Å². The van der Waals surface area contributed by atoms with Gasteiger partial charge in [0.2, 0.25) is 0 Å². The van der Waals surface area contributed by atoms with Crippen molar-refractivity contribution in [3.8, 4) is 0 Å². The molecule has 5 saturated heterocycles. The highest BCUT2D eigenvalue weighted by Gasteiger charge is 2.62. The van der Waals surface area contributed by atoms with Gasteiger partial charge in [-0.15, -0.1) is 0 Å². The first kappa shape index (κ1) is 73.4. The highest BCUT2D eigenvalue weighted by Crippen LogP contribution is 2.62. The Bertz CT molecular complexity index is 2200. The normalized spacial score (nSPS) is 43.3. The number of phosphoric acid groups is 3. The molecule has 5 heterocycles. The molecular formula is C39H73N2O40P3. The third-order valence-corrected chi connectivity index (χ3v) is 17.1.